The third kappa shape index (κ3) is 3.82. The lowest BCUT2D eigenvalue weighted by Crippen LogP contribution is -2.19. The molecule has 2 rings (SSSR count). The number of nitrogens with one attached hydrogen (secondary N) is 1. The van der Waals surface area contributed by atoms with Gasteiger partial charge in [0.1, 0.15) is 5.82 Å². The van der Waals surface area contributed by atoms with Crippen LogP contribution in [0.15, 0.2) is 45.3 Å². The highest BCUT2D eigenvalue weighted by Crippen LogP contribution is 2.29. The molecule has 2 aromatic rings. The van der Waals surface area contributed by atoms with Crippen LogP contribution in [-0.2, 0) is 6.42 Å². The van der Waals surface area contributed by atoms with E-state index >= 15 is 0 Å². The molecule has 20 heavy (non-hydrogen) atoms. The van der Waals surface area contributed by atoms with Crippen molar-refractivity contribution in [3.8, 4) is 0 Å². The number of hydrogen-bond acceptors (Lipinski definition) is 1. The summed E-state index contributed by atoms with van der Waals surface area (Å²) < 4.78 is 14.7. The maximum absolute atomic E-state index is 13.3. The number of benzene rings is 2. The first-order valence-electron chi connectivity index (χ1n) is 6.07. The molecule has 0 aliphatic rings. The SMILES string of the molecule is CNC(Cc1ccc(F)c(Br)c1)c1cc(Br)ccc1Cl. The number of halogens is 4. The van der Waals surface area contributed by atoms with Crippen LogP contribution in [-0.4, -0.2) is 7.05 Å². The molecule has 0 amide bonds. The van der Waals surface area contributed by atoms with E-state index in [1.54, 1.807) is 12.1 Å². The van der Waals surface area contributed by atoms with Crippen LogP contribution >= 0.6 is 43.5 Å². The summed E-state index contributed by atoms with van der Waals surface area (Å²) in [6, 6.07) is 10.9. The van der Waals surface area contributed by atoms with E-state index in [0.717, 1.165) is 22.0 Å². The standard InChI is InChI=1S/C15H13Br2ClFN/c1-20-15(11-8-10(16)3-4-13(11)18)7-9-2-5-14(19)12(17)6-9/h2-6,8,15,20H,7H2,1H3. The third-order valence-corrected chi connectivity index (χ3v) is 4.55. The maximum atomic E-state index is 13.3. The average molecular weight is 422 g/mol. The van der Waals surface area contributed by atoms with E-state index in [1.165, 1.54) is 6.07 Å². The quantitative estimate of drug-likeness (QED) is 0.687. The minimum atomic E-state index is -0.254. The second-order valence-corrected chi connectivity index (χ2v) is 6.64. The molecule has 1 nitrogen and oxygen atoms in total. The molecule has 0 aromatic heterocycles. The molecule has 0 saturated heterocycles. The van der Waals surface area contributed by atoms with E-state index < -0.39 is 0 Å². The molecule has 0 bridgehead atoms. The van der Waals surface area contributed by atoms with Gasteiger partial charge in [-0.3, -0.25) is 0 Å². The minimum Gasteiger partial charge on any atom is -0.313 e. The first-order valence-corrected chi connectivity index (χ1v) is 8.04. The topological polar surface area (TPSA) is 12.0 Å². The molecule has 1 unspecified atom stereocenters. The first kappa shape index (κ1) is 16.0. The zero-order valence-corrected chi connectivity index (χ0v) is 14.7. The zero-order valence-electron chi connectivity index (χ0n) is 10.8. The molecule has 5 heteroatoms. The number of rotatable bonds is 4. The van der Waals surface area contributed by atoms with Gasteiger partial charge in [-0.2, -0.15) is 0 Å². The van der Waals surface area contributed by atoms with Crippen molar-refractivity contribution in [3.63, 3.8) is 0 Å². The van der Waals surface area contributed by atoms with Gasteiger partial charge in [0.05, 0.1) is 4.47 Å². The van der Waals surface area contributed by atoms with Gasteiger partial charge in [0.25, 0.3) is 0 Å². The summed E-state index contributed by atoms with van der Waals surface area (Å²) in [6.45, 7) is 0. The molecule has 0 aliphatic carbocycles. The van der Waals surface area contributed by atoms with Crippen molar-refractivity contribution in [1.29, 1.82) is 0 Å². The third-order valence-electron chi connectivity index (χ3n) is 3.11. The Morgan fingerprint density at radius 2 is 1.95 bits per heavy atom. The van der Waals surface area contributed by atoms with Gasteiger partial charge in [0.15, 0.2) is 0 Å². The van der Waals surface area contributed by atoms with Gasteiger partial charge in [0, 0.05) is 15.5 Å². The zero-order chi connectivity index (χ0) is 14.7. The Bertz CT molecular complexity index is 619. The van der Waals surface area contributed by atoms with Crippen molar-refractivity contribution >= 4 is 43.5 Å². The lowest BCUT2D eigenvalue weighted by molar-refractivity contribution is 0.587. The van der Waals surface area contributed by atoms with Crippen molar-refractivity contribution < 1.29 is 4.39 Å². The summed E-state index contributed by atoms with van der Waals surface area (Å²) in [5.74, 6) is -0.254. The molecule has 2 aromatic carbocycles. The van der Waals surface area contributed by atoms with Gasteiger partial charge in [-0.15, -0.1) is 0 Å². The minimum absolute atomic E-state index is 0.0670. The lowest BCUT2D eigenvalue weighted by Gasteiger charge is -2.19. The second kappa shape index (κ2) is 7.03. The molecule has 1 atom stereocenters. The van der Waals surface area contributed by atoms with Gasteiger partial charge >= 0.3 is 0 Å². The Balaban J connectivity index is 2.28. The van der Waals surface area contributed by atoms with Crippen LogP contribution < -0.4 is 5.32 Å². The van der Waals surface area contributed by atoms with Crippen LogP contribution in [0.1, 0.15) is 17.2 Å². The van der Waals surface area contributed by atoms with Gasteiger partial charge in [-0.1, -0.05) is 33.6 Å². The van der Waals surface area contributed by atoms with E-state index in [1.807, 2.05) is 25.2 Å². The Hall–Kier alpha value is -0.420. The largest absolute Gasteiger partial charge is 0.313 e. The molecule has 0 spiro atoms. The van der Waals surface area contributed by atoms with Gasteiger partial charge in [-0.25, -0.2) is 4.39 Å². The Morgan fingerprint density at radius 3 is 2.60 bits per heavy atom. The van der Waals surface area contributed by atoms with E-state index in [2.05, 4.69) is 37.2 Å². The Kier molecular flexibility index (Phi) is 5.61. The lowest BCUT2D eigenvalue weighted by atomic mass is 9.99. The van der Waals surface area contributed by atoms with Crippen molar-refractivity contribution in [2.24, 2.45) is 0 Å². The summed E-state index contributed by atoms with van der Waals surface area (Å²) in [5.41, 5.74) is 2.05. The predicted molar refractivity (Wildman–Crippen MR) is 88.8 cm³/mol. The molecule has 0 aliphatic heterocycles. The van der Waals surface area contributed by atoms with Crippen LogP contribution in [0.3, 0.4) is 0 Å². The smallest absolute Gasteiger partial charge is 0.137 e. The van der Waals surface area contributed by atoms with Crippen molar-refractivity contribution in [2.75, 3.05) is 7.05 Å². The van der Waals surface area contributed by atoms with Crippen LogP contribution in [0, 0.1) is 5.82 Å². The predicted octanol–water partition coefficient (Wildman–Crippen LogP) is 5.51. The fourth-order valence-corrected chi connectivity index (χ4v) is 3.11. The van der Waals surface area contributed by atoms with Gasteiger partial charge < -0.3 is 5.32 Å². The van der Waals surface area contributed by atoms with E-state index in [0.29, 0.717) is 9.50 Å². The molecular formula is C15H13Br2ClFN. The molecule has 0 saturated carbocycles. The van der Waals surface area contributed by atoms with E-state index in [4.69, 9.17) is 11.6 Å². The normalized spacial score (nSPS) is 12.4. The molecule has 1 N–H and O–H groups in total. The highest BCUT2D eigenvalue weighted by molar-refractivity contribution is 9.10. The van der Waals surface area contributed by atoms with E-state index in [-0.39, 0.29) is 11.9 Å². The fourth-order valence-electron chi connectivity index (χ4n) is 2.05. The number of hydrogen-bond donors (Lipinski definition) is 1. The van der Waals surface area contributed by atoms with Gasteiger partial charge in [0.2, 0.25) is 0 Å². The first-order chi connectivity index (χ1) is 9.51. The molecular weight excluding hydrogens is 408 g/mol. The Labute approximate surface area is 139 Å². The second-order valence-electron chi connectivity index (χ2n) is 4.46. The average Bonchev–Trinajstić information content (AvgIpc) is 2.43. The summed E-state index contributed by atoms with van der Waals surface area (Å²) in [4.78, 5) is 0. The molecule has 106 valence electrons. The van der Waals surface area contributed by atoms with Gasteiger partial charge in [-0.05, 0) is 70.9 Å². The summed E-state index contributed by atoms with van der Waals surface area (Å²) in [5, 5.41) is 3.97. The van der Waals surface area contributed by atoms with E-state index in [9.17, 15) is 4.39 Å². The fraction of sp³-hybridized carbons (Fsp3) is 0.200. The summed E-state index contributed by atoms with van der Waals surface area (Å²) in [6.07, 6.45) is 0.728. The highest BCUT2D eigenvalue weighted by Gasteiger charge is 2.14. The molecule has 0 heterocycles. The molecule has 0 radical (unpaired) electrons. The van der Waals surface area contributed by atoms with Crippen LogP contribution in [0.25, 0.3) is 0 Å². The Morgan fingerprint density at radius 1 is 1.20 bits per heavy atom. The van der Waals surface area contributed by atoms with Crippen molar-refractivity contribution in [3.05, 3.63) is 67.3 Å². The van der Waals surface area contributed by atoms with Crippen molar-refractivity contribution in [2.45, 2.75) is 12.5 Å². The van der Waals surface area contributed by atoms with Crippen LogP contribution in [0.4, 0.5) is 4.39 Å². The van der Waals surface area contributed by atoms with Crippen LogP contribution in [0.5, 0.6) is 0 Å². The highest BCUT2D eigenvalue weighted by atomic mass is 79.9. The summed E-state index contributed by atoms with van der Waals surface area (Å²) >= 11 is 12.9. The molecule has 0 fully saturated rings. The van der Waals surface area contributed by atoms with Crippen LogP contribution in [0.2, 0.25) is 5.02 Å². The number of likely N-dealkylation sites (N-methyl/N-ethyl adjacent to an activating group) is 1. The summed E-state index contributed by atoms with van der Waals surface area (Å²) in [7, 11) is 1.89. The maximum Gasteiger partial charge on any atom is 0.137 e. The monoisotopic (exact) mass is 419 g/mol. The van der Waals surface area contributed by atoms with Crippen molar-refractivity contribution in [1.82, 2.24) is 5.32 Å².